The molecule has 1 N–H and O–H groups in total. The first-order chi connectivity index (χ1) is 8.40. The zero-order valence-corrected chi connectivity index (χ0v) is 12.1. The quantitative estimate of drug-likeness (QED) is 0.837. The third-order valence-corrected chi connectivity index (χ3v) is 4.25. The van der Waals surface area contributed by atoms with Crippen LogP contribution in [0.15, 0.2) is 18.2 Å². The number of benzene rings is 1. The van der Waals surface area contributed by atoms with Crippen molar-refractivity contribution in [3.8, 4) is 0 Å². The van der Waals surface area contributed by atoms with E-state index in [1.807, 2.05) is 6.07 Å². The molecule has 1 unspecified atom stereocenters. The van der Waals surface area contributed by atoms with Gasteiger partial charge < -0.3 is 5.11 Å². The van der Waals surface area contributed by atoms with Gasteiger partial charge in [0, 0.05) is 11.1 Å². The fourth-order valence-electron chi connectivity index (χ4n) is 1.97. The molecule has 0 bridgehead atoms. The predicted octanol–water partition coefficient (Wildman–Crippen LogP) is 4.89. The second-order valence-corrected chi connectivity index (χ2v) is 6.44. The van der Waals surface area contributed by atoms with E-state index in [1.165, 1.54) is 6.07 Å². The van der Waals surface area contributed by atoms with Gasteiger partial charge in [0.15, 0.2) is 0 Å². The van der Waals surface area contributed by atoms with Crippen LogP contribution in [0.4, 0.5) is 4.39 Å². The summed E-state index contributed by atoms with van der Waals surface area (Å²) >= 11 is 13.0. The van der Waals surface area contributed by atoms with Crippen molar-refractivity contribution >= 4 is 34.5 Å². The van der Waals surface area contributed by atoms with Gasteiger partial charge >= 0.3 is 0 Å². The summed E-state index contributed by atoms with van der Waals surface area (Å²) in [4.78, 5) is 0. The van der Waals surface area contributed by atoms with Gasteiger partial charge in [-0.25, -0.2) is 4.39 Å². The largest absolute Gasteiger partial charge is 0.383 e. The average Bonchev–Trinajstić information content (AvgIpc) is 2.56. The maximum absolute atomic E-state index is 14.0. The van der Waals surface area contributed by atoms with Crippen molar-refractivity contribution in [2.24, 2.45) is 0 Å². The Morgan fingerprint density at radius 2 is 1.89 bits per heavy atom. The summed E-state index contributed by atoms with van der Waals surface area (Å²) in [6.45, 7) is 3.57. The molecule has 1 atom stereocenters. The zero-order chi connectivity index (χ0) is 13.4. The molecule has 0 saturated heterocycles. The normalized spacial score (nSPS) is 12.8. The molecule has 0 aliphatic carbocycles. The number of aliphatic hydroxyl groups is 1. The monoisotopic (exact) mass is 304 g/mol. The van der Waals surface area contributed by atoms with E-state index >= 15 is 0 Å². The highest BCUT2D eigenvalue weighted by molar-refractivity contribution is 7.20. The Labute approximate surface area is 119 Å². The number of aliphatic hydroxyl groups excluding tert-OH is 1. The third-order valence-electron chi connectivity index (χ3n) is 2.73. The lowest BCUT2D eigenvalue weighted by Crippen LogP contribution is -2.05. The molecule has 5 heteroatoms. The number of halogens is 3. The minimum absolute atomic E-state index is 0.247. The number of thiophene rings is 1. The highest BCUT2D eigenvalue weighted by Crippen LogP contribution is 2.38. The summed E-state index contributed by atoms with van der Waals surface area (Å²) in [5.74, 6) is -0.432. The molecule has 0 radical (unpaired) electrons. The second-order valence-electron chi connectivity index (χ2n) is 4.16. The molecule has 0 spiro atoms. The lowest BCUT2D eigenvalue weighted by molar-refractivity contribution is 0.214. The topological polar surface area (TPSA) is 20.2 Å². The highest BCUT2D eigenvalue weighted by atomic mass is 35.5. The minimum Gasteiger partial charge on any atom is -0.383 e. The molecule has 2 aromatic rings. The Balaban J connectivity index is 2.52. The Hall–Kier alpha value is -0.610. The SMILES string of the molecule is Cc1cc(C)c(C(O)c2cc(Cl)sc2Cl)c(F)c1. The van der Waals surface area contributed by atoms with Crippen LogP contribution >= 0.6 is 34.5 Å². The molecule has 0 fully saturated rings. The minimum atomic E-state index is -1.10. The van der Waals surface area contributed by atoms with Crippen molar-refractivity contribution in [2.45, 2.75) is 20.0 Å². The Kier molecular flexibility index (Phi) is 3.97. The summed E-state index contributed by atoms with van der Waals surface area (Å²) in [5, 5.41) is 10.3. The molecule has 0 aliphatic heterocycles. The predicted molar refractivity (Wildman–Crippen MR) is 74.3 cm³/mol. The van der Waals surface area contributed by atoms with E-state index < -0.39 is 11.9 Å². The molecular formula is C13H11Cl2FOS. The standard InChI is InChI=1S/C13H11Cl2FOS/c1-6-3-7(2)11(9(16)4-6)12(17)8-5-10(14)18-13(8)15/h3-5,12,17H,1-2H3. The molecule has 0 amide bonds. The van der Waals surface area contributed by atoms with Crippen molar-refractivity contribution in [1.82, 2.24) is 0 Å². The molecule has 1 aromatic heterocycles. The number of rotatable bonds is 2. The van der Waals surface area contributed by atoms with Gasteiger partial charge in [-0.3, -0.25) is 0 Å². The van der Waals surface area contributed by atoms with E-state index in [0.29, 0.717) is 19.8 Å². The van der Waals surface area contributed by atoms with Crippen molar-refractivity contribution in [2.75, 3.05) is 0 Å². The maximum atomic E-state index is 14.0. The van der Waals surface area contributed by atoms with Crippen LogP contribution in [0, 0.1) is 19.7 Å². The van der Waals surface area contributed by atoms with Crippen LogP contribution in [0.3, 0.4) is 0 Å². The lowest BCUT2D eigenvalue weighted by atomic mass is 9.97. The fourth-order valence-corrected chi connectivity index (χ4v) is 3.49. The maximum Gasteiger partial charge on any atom is 0.129 e. The first-order valence-electron chi connectivity index (χ1n) is 5.29. The highest BCUT2D eigenvalue weighted by Gasteiger charge is 2.22. The van der Waals surface area contributed by atoms with Crippen LogP contribution < -0.4 is 0 Å². The van der Waals surface area contributed by atoms with E-state index in [4.69, 9.17) is 23.2 Å². The van der Waals surface area contributed by atoms with Crippen LogP contribution in [0.1, 0.15) is 28.4 Å². The molecule has 96 valence electrons. The van der Waals surface area contributed by atoms with Gasteiger partial charge in [-0.1, -0.05) is 29.3 Å². The lowest BCUT2D eigenvalue weighted by Gasteiger charge is -2.15. The van der Waals surface area contributed by atoms with Gasteiger partial charge in [-0.15, -0.1) is 11.3 Å². The van der Waals surface area contributed by atoms with Crippen molar-refractivity contribution in [1.29, 1.82) is 0 Å². The van der Waals surface area contributed by atoms with Gasteiger partial charge in [0.2, 0.25) is 0 Å². The second kappa shape index (κ2) is 5.17. The van der Waals surface area contributed by atoms with Crippen molar-refractivity contribution in [3.05, 3.63) is 54.9 Å². The summed E-state index contributed by atoms with van der Waals surface area (Å²) < 4.78 is 14.8. The van der Waals surface area contributed by atoms with Gasteiger partial charge in [-0.2, -0.15) is 0 Å². The molecule has 0 aliphatic rings. The molecule has 0 saturated carbocycles. The van der Waals surface area contributed by atoms with Gasteiger partial charge in [0.25, 0.3) is 0 Å². The van der Waals surface area contributed by atoms with Crippen LogP contribution in [0.2, 0.25) is 8.67 Å². The number of hydrogen-bond donors (Lipinski definition) is 1. The van der Waals surface area contributed by atoms with Crippen molar-refractivity contribution in [3.63, 3.8) is 0 Å². The fraction of sp³-hybridized carbons (Fsp3) is 0.231. The van der Waals surface area contributed by atoms with Gasteiger partial charge in [0.1, 0.15) is 16.3 Å². The van der Waals surface area contributed by atoms with E-state index in [-0.39, 0.29) is 5.56 Å². The molecule has 1 nitrogen and oxygen atoms in total. The number of hydrogen-bond acceptors (Lipinski definition) is 2. The summed E-state index contributed by atoms with van der Waals surface area (Å²) in [7, 11) is 0. The van der Waals surface area contributed by atoms with E-state index in [2.05, 4.69) is 0 Å². The summed E-state index contributed by atoms with van der Waals surface area (Å²) in [6, 6.07) is 4.79. The molecular weight excluding hydrogens is 294 g/mol. The van der Waals surface area contributed by atoms with Crippen LogP contribution in [-0.2, 0) is 0 Å². The molecule has 1 aromatic carbocycles. The van der Waals surface area contributed by atoms with Crippen LogP contribution in [0.5, 0.6) is 0 Å². The first kappa shape index (κ1) is 13.8. The first-order valence-corrected chi connectivity index (χ1v) is 6.87. The Bertz CT molecular complexity index is 572. The number of aryl methyl sites for hydroxylation is 2. The van der Waals surface area contributed by atoms with Crippen LogP contribution in [0.25, 0.3) is 0 Å². The third kappa shape index (κ3) is 2.54. The average molecular weight is 305 g/mol. The molecule has 18 heavy (non-hydrogen) atoms. The van der Waals surface area contributed by atoms with E-state index in [0.717, 1.165) is 16.9 Å². The Morgan fingerprint density at radius 1 is 1.22 bits per heavy atom. The zero-order valence-electron chi connectivity index (χ0n) is 9.80. The van der Waals surface area contributed by atoms with Gasteiger partial charge in [0.05, 0.1) is 4.34 Å². The van der Waals surface area contributed by atoms with E-state index in [9.17, 15) is 9.50 Å². The summed E-state index contributed by atoms with van der Waals surface area (Å²) in [5.41, 5.74) is 2.20. The molecule has 1 heterocycles. The Morgan fingerprint density at radius 3 is 2.39 bits per heavy atom. The summed E-state index contributed by atoms with van der Waals surface area (Å²) in [6.07, 6.45) is -1.10. The smallest absolute Gasteiger partial charge is 0.129 e. The van der Waals surface area contributed by atoms with Crippen molar-refractivity contribution < 1.29 is 9.50 Å². The molecule has 2 rings (SSSR count). The van der Waals surface area contributed by atoms with Gasteiger partial charge in [-0.05, 0) is 37.1 Å². The van der Waals surface area contributed by atoms with E-state index in [1.54, 1.807) is 19.9 Å². The van der Waals surface area contributed by atoms with Crippen LogP contribution in [-0.4, -0.2) is 5.11 Å².